The highest BCUT2D eigenvalue weighted by atomic mass is 19.1. The van der Waals surface area contributed by atoms with Gasteiger partial charge < -0.3 is 14.4 Å². The Bertz CT molecular complexity index is 874. The van der Waals surface area contributed by atoms with Gasteiger partial charge in [-0.3, -0.25) is 4.79 Å². The largest absolute Gasteiger partial charge is 0.495 e. The van der Waals surface area contributed by atoms with Gasteiger partial charge in [-0.15, -0.1) is 0 Å². The van der Waals surface area contributed by atoms with Crippen LogP contribution < -0.4 is 9.64 Å². The molecule has 5 heteroatoms. The molecule has 1 aliphatic carbocycles. The monoisotopic (exact) mass is 369 g/mol. The van der Waals surface area contributed by atoms with Gasteiger partial charge in [-0.05, 0) is 48.6 Å². The third-order valence-electron chi connectivity index (χ3n) is 5.60. The van der Waals surface area contributed by atoms with Gasteiger partial charge in [-0.2, -0.15) is 0 Å². The first-order chi connectivity index (χ1) is 13.1. The summed E-state index contributed by atoms with van der Waals surface area (Å²) in [6, 6.07) is 9.31. The van der Waals surface area contributed by atoms with Gasteiger partial charge in [0.25, 0.3) is 0 Å². The van der Waals surface area contributed by atoms with Crippen molar-refractivity contribution in [2.24, 2.45) is 5.92 Å². The lowest BCUT2D eigenvalue weighted by molar-refractivity contribution is 0.0935. The SMILES string of the molecule is COc1cc2c(cc1N1CCOCC1)CC(Cc1cccc(C)c1F)C2=O. The molecular weight excluding hydrogens is 345 g/mol. The summed E-state index contributed by atoms with van der Waals surface area (Å²) in [5.74, 6) is 0.373. The van der Waals surface area contributed by atoms with E-state index < -0.39 is 0 Å². The van der Waals surface area contributed by atoms with Crippen LogP contribution >= 0.6 is 0 Å². The topological polar surface area (TPSA) is 38.8 Å². The first kappa shape index (κ1) is 18.0. The van der Waals surface area contributed by atoms with Crippen LogP contribution in [-0.4, -0.2) is 39.2 Å². The number of methoxy groups -OCH3 is 1. The Balaban J connectivity index is 1.62. The van der Waals surface area contributed by atoms with Crippen LogP contribution in [0, 0.1) is 18.7 Å². The van der Waals surface area contributed by atoms with Gasteiger partial charge in [0.1, 0.15) is 11.6 Å². The van der Waals surface area contributed by atoms with E-state index in [0.717, 1.165) is 24.3 Å². The fourth-order valence-electron chi connectivity index (χ4n) is 4.10. The number of hydrogen-bond acceptors (Lipinski definition) is 4. The van der Waals surface area contributed by atoms with Crippen molar-refractivity contribution in [1.29, 1.82) is 0 Å². The minimum absolute atomic E-state index is 0.0812. The molecule has 0 bridgehead atoms. The molecule has 2 aromatic rings. The molecule has 1 heterocycles. The molecule has 1 aliphatic heterocycles. The van der Waals surface area contributed by atoms with Gasteiger partial charge in [0.05, 0.1) is 26.0 Å². The maximum Gasteiger partial charge on any atom is 0.167 e. The molecule has 142 valence electrons. The number of rotatable bonds is 4. The number of Topliss-reactive ketones (excluding diaryl/α,β-unsaturated/α-hetero) is 1. The second-order valence-electron chi connectivity index (χ2n) is 7.30. The average Bonchev–Trinajstić information content (AvgIpc) is 3.00. The Labute approximate surface area is 158 Å². The molecule has 0 aromatic heterocycles. The number of ether oxygens (including phenoxy) is 2. The quantitative estimate of drug-likeness (QED) is 0.826. The van der Waals surface area contributed by atoms with Crippen molar-refractivity contribution in [2.45, 2.75) is 19.8 Å². The predicted molar refractivity (Wildman–Crippen MR) is 102 cm³/mol. The summed E-state index contributed by atoms with van der Waals surface area (Å²) in [7, 11) is 1.63. The number of ketones is 1. The normalized spacial score (nSPS) is 19.3. The first-order valence-corrected chi connectivity index (χ1v) is 9.40. The minimum atomic E-state index is -0.221. The van der Waals surface area contributed by atoms with E-state index >= 15 is 0 Å². The van der Waals surface area contributed by atoms with Crippen LogP contribution in [0.3, 0.4) is 0 Å². The van der Waals surface area contributed by atoms with Gasteiger partial charge in [-0.1, -0.05) is 18.2 Å². The Hall–Kier alpha value is -2.40. The maximum atomic E-state index is 14.4. The number of halogens is 1. The Morgan fingerprint density at radius 3 is 2.78 bits per heavy atom. The number of benzene rings is 2. The number of carbonyl (C=O) groups excluding carboxylic acids is 1. The van der Waals surface area contributed by atoms with E-state index in [1.807, 2.05) is 12.1 Å². The van der Waals surface area contributed by atoms with Crippen LogP contribution in [0.15, 0.2) is 30.3 Å². The number of carbonyl (C=O) groups is 1. The Kier molecular flexibility index (Phi) is 4.87. The van der Waals surface area contributed by atoms with E-state index in [4.69, 9.17) is 9.47 Å². The van der Waals surface area contributed by atoms with Crippen LogP contribution in [0.25, 0.3) is 0 Å². The van der Waals surface area contributed by atoms with Crippen molar-refractivity contribution in [3.8, 4) is 5.75 Å². The summed E-state index contributed by atoms with van der Waals surface area (Å²) >= 11 is 0. The van der Waals surface area contributed by atoms with E-state index in [0.29, 0.717) is 48.5 Å². The molecule has 4 rings (SSSR count). The molecule has 2 aromatic carbocycles. The highest BCUT2D eigenvalue weighted by Gasteiger charge is 2.33. The lowest BCUT2D eigenvalue weighted by atomic mass is 9.94. The molecule has 27 heavy (non-hydrogen) atoms. The molecule has 0 amide bonds. The molecule has 4 nitrogen and oxygen atoms in total. The minimum Gasteiger partial charge on any atom is -0.495 e. The van der Waals surface area contributed by atoms with Crippen molar-refractivity contribution in [3.05, 3.63) is 58.4 Å². The molecule has 0 saturated carbocycles. The number of nitrogens with zero attached hydrogens (tertiary/aromatic N) is 1. The third-order valence-corrected chi connectivity index (χ3v) is 5.60. The van der Waals surface area contributed by atoms with E-state index in [2.05, 4.69) is 11.0 Å². The van der Waals surface area contributed by atoms with E-state index in [9.17, 15) is 9.18 Å². The summed E-state index contributed by atoms with van der Waals surface area (Å²) in [5, 5.41) is 0. The van der Waals surface area contributed by atoms with Crippen molar-refractivity contribution in [1.82, 2.24) is 0 Å². The van der Waals surface area contributed by atoms with Crippen molar-refractivity contribution in [3.63, 3.8) is 0 Å². The zero-order valence-corrected chi connectivity index (χ0v) is 15.8. The Morgan fingerprint density at radius 2 is 2.04 bits per heavy atom. The highest BCUT2D eigenvalue weighted by Crippen LogP contribution is 2.38. The molecular formula is C22H24FNO3. The van der Waals surface area contributed by atoms with Gasteiger partial charge >= 0.3 is 0 Å². The van der Waals surface area contributed by atoms with E-state index in [1.165, 1.54) is 0 Å². The zero-order valence-electron chi connectivity index (χ0n) is 15.8. The lowest BCUT2D eigenvalue weighted by Crippen LogP contribution is -2.36. The van der Waals surface area contributed by atoms with Gasteiger partial charge in [0.2, 0.25) is 0 Å². The van der Waals surface area contributed by atoms with Crippen molar-refractivity contribution < 1.29 is 18.7 Å². The van der Waals surface area contributed by atoms with Gasteiger partial charge in [-0.25, -0.2) is 4.39 Å². The fraction of sp³-hybridized carbons (Fsp3) is 0.409. The van der Waals surface area contributed by atoms with Crippen LogP contribution in [0.4, 0.5) is 10.1 Å². The van der Waals surface area contributed by atoms with E-state index in [-0.39, 0.29) is 17.5 Å². The maximum absolute atomic E-state index is 14.4. The number of morpholine rings is 1. The zero-order chi connectivity index (χ0) is 19.0. The number of anilines is 1. The second kappa shape index (κ2) is 7.31. The lowest BCUT2D eigenvalue weighted by Gasteiger charge is -2.30. The van der Waals surface area contributed by atoms with Crippen molar-refractivity contribution in [2.75, 3.05) is 38.3 Å². The first-order valence-electron chi connectivity index (χ1n) is 9.40. The summed E-state index contributed by atoms with van der Waals surface area (Å²) < 4.78 is 25.4. The van der Waals surface area contributed by atoms with Crippen LogP contribution in [0.1, 0.15) is 27.0 Å². The van der Waals surface area contributed by atoms with E-state index in [1.54, 1.807) is 26.2 Å². The molecule has 1 atom stereocenters. The Morgan fingerprint density at radius 1 is 1.26 bits per heavy atom. The highest BCUT2D eigenvalue weighted by molar-refractivity contribution is 6.03. The standard InChI is InChI=1S/C22H24FNO3/c1-14-4-3-5-15(21(14)23)10-17-11-16-12-19(24-6-8-27-9-7-24)20(26-2)13-18(16)22(17)25/h3-5,12-13,17H,6-11H2,1-2H3. The van der Waals surface area contributed by atoms with Gasteiger partial charge in [0, 0.05) is 24.6 Å². The van der Waals surface area contributed by atoms with Gasteiger partial charge in [0.15, 0.2) is 5.78 Å². The molecule has 1 fully saturated rings. The molecule has 0 spiro atoms. The number of fused-ring (bicyclic) bond motifs is 1. The summed E-state index contributed by atoms with van der Waals surface area (Å²) in [6.45, 7) is 4.74. The molecule has 0 radical (unpaired) electrons. The van der Waals surface area contributed by atoms with Crippen LogP contribution in [0.5, 0.6) is 5.75 Å². The molecule has 1 unspecified atom stereocenters. The van der Waals surface area contributed by atoms with Crippen LogP contribution in [0.2, 0.25) is 0 Å². The number of aryl methyl sites for hydroxylation is 1. The average molecular weight is 369 g/mol. The number of hydrogen-bond donors (Lipinski definition) is 0. The smallest absolute Gasteiger partial charge is 0.167 e. The predicted octanol–water partition coefficient (Wildman–Crippen LogP) is 3.58. The summed E-state index contributed by atoms with van der Waals surface area (Å²) in [6.07, 6.45) is 1.07. The fourth-order valence-corrected chi connectivity index (χ4v) is 4.10. The summed E-state index contributed by atoms with van der Waals surface area (Å²) in [4.78, 5) is 15.2. The molecule has 0 N–H and O–H groups in total. The second-order valence-corrected chi connectivity index (χ2v) is 7.30. The summed E-state index contributed by atoms with van der Waals surface area (Å²) in [5.41, 5.74) is 3.98. The molecule has 1 saturated heterocycles. The van der Waals surface area contributed by atoms with Crippen LogP contribution in [-0.2, 0) is 17.6 Å². The molecule has 2 aliphatic rings. The third kappa shape index (κ3) is 3.32. The van der Waals surface area contributed by atoms with Crippen molar-refractivity contribution >= 4 is 11.5 Å².